The number of aliphatic hydroxyl groups is 1. The van der Waals surface area contributed by atoms with Gasteiger partial charge in [0.2, 0.25) is 0 Å². The Morgan fingerprint density at radius 2 is 2.09 bits per heavy atom. The molecule has 0 bridgehead atoms. The Morgan fingerprint density at radius 1 is 1.45 bits per heavy atom. The van der Waals surface area contributed by atoms with Crippen LogP contribution in [0.15, 0.2) is 11.3 Å². The molecule has 0 atom stereocenters. The molecule has 0 radical (unpaired) electrons. The molecule has 0 saturated heterocycles. The van der Waals surface area contributed by atoms with Crippen LogP contribution in [0, 0.1) is 5.92 Å². The number of rotatable bonds is 2. The lowest BCUT2D eigenvalue weighted by atomic mass is 10.0. The van der Waals surface area contributed by atoms with Crippen molar-refractivity contribution in [3.63, 3.8) is 0 Å². The number of allylic oxidation sites excluding steroid dienone is 2. The van der Waals surface area contributed by atoms with Gasteiger partial charge in [-0.2, -0.15) is 0 Å². The summed E-state index contributed by atoms with van der Waals surface area (Å²) in [6, 6.07) is 0. The summed E-state index contributed by atoms with van der Waals surface area (Å²) < 4.78 is 0. The van der Waals surface area contributed by atoms with Gasteiger partial charge < -0.3 is 5.11 Å². The summed E-state index contributed by atoms with van der Waals surface area (Å²) in [6.07, 6.45) is 2.13. The Bertz CT molecular complexity index is 202. The standard InChI is InChI=1S/C9H14O2/c1-6(2)5-7-3-4-8(10)9(7)11/h6,11H,3-5H2,1-2H3. The molecule has 2 heteroatoms. The highest BCUT2D eigenvalue weighted by atomic mass is 16.3. The van der Waals surface area contributed by atoms with E-state index in [2.05, 4.69) is 13.8 Å². The monoisotopic (exact) mass is 154 g/mol. The first kappa shape index (κ1) is 8.31. The van der Waals surface area contributed by atoms with E-state index in [0.29, 0.717) is 12.3 Å². The zero-order valence-electron chi connectivity index (χ0n) is 7.05. The number of carbonyl (C=O) groups excluding carboxylic acids is 1. The predicted octanol–water partition coefficient (Wildman–Crippen LogP) is 2.21. The minimum atomic E-state index is -0.0827. The minimum absolute atomic E-state index is 0.0405. The van der Waals surface area contributed by atoms with Gasteiger partial charge in [-0.3, -0.25) is 4.79 Å². The Kier molecular flexibility index (Phi) is 2.32. The van der Waals surface area contributed by atoms with Crippen LogP contribution >= 0.6 is 0 Å². The highest BCUT2D eigenvalue weighted by Crippen LogP contribution is 2.26. The van der Waals surface area contributed by atoms with E-state index in [-0.39, 0.29) is 11.5 Å². The Morgan fingerprint density at radius 3 is 2.45 bits per heavy atom. The van der Waals surface area contributed by atoms with Crippen molar-refractivity contribution < 1.29 is 9.90 Å². The van der Waals surface area contributed by atoms with Gasteiger partial charge in [0.25, 0.3) is 0 Å². The van der Waals surface area contributed by atoms with E-state index >= 15 is 0 Å². The molecule has 0 amide bonds. The number of aliphatic hydroxyl groups excluding tert-OH is 1. The van der Waals surface area contributed by atoms with E-state index in [1.54, 1.807) is 0 Å². The van der Waals surface area contributed by atoms with Crippen LogP contribution < -0.4 is 0 Å². The zero-order chi connectivity index (χ0) is 8.43. The van der Waals surface area contributed by atoms with Crippen LogP contribution in [0.4, 0.5) is 0 Å². The predicted molar refractivity (Wildman–Crippen MR) is 43.4 cm³/mol. The normalized spacial score (nSPS) is 18.6. The van der Waals surface area contributed by atoms with Crippen molar-refractivity contribution in [3.8, 4) is 0 Å². The van der Waals surface area contributed by atoms with E-state index in [0.717, 1.165) is 18.4 Å². The first-order valence-electron chi connectivity index (χ1n) is 4.05. The fraction of sp³-hybridized carbons (Fsp3) is 0.667. The number of Topliss-reactive ketones (excluding diaryl/α,β-unsaturated/α-hetero) is 1. The molecule has 2 nitrogen and oxygen atoms in total. The third kappa shape index (κ3) is 1.82. The van der Waals surface area contributed by atoms with Gasteiger partial charge in [-0.25, -0.2) is 0 Å². The summed E-state index contributed by atoms with van der Waals surface area (Å²) in [4.78, 5) is 10.9. The van der Waals surface area contributed by atoms with Gasteiger partial charge in [0.15, 0.2) is 11.5 Å². The van der Waals surface area contributed by atoms with Crippen molar-refractivity contribution >= 4 is 5.78 Å². The van der Waals surface area contributed by atoms with Crippen molar-refractivity contribution in [2.45, 2.75) is 33.1 Å². The lowest BCUT2D eigenvalue weighted by Gasteiger charge is -2.04. The van der Waals surface area contributed by atoms with Crippen molar-refractivity contribution in [2.24, 2.45) is 5.92 Å². The summed E-state index contributed by atoms with van der Waals surface area (Å²) in [6.45, 7) is 4.17. The van der Waals surface area contributed by atoms with Crippen LogP contribution in [-0.4, -0.2) is 10.9 Å². The van der Waals surface area contributed by atoms with Crippen LogP contribution in [0.2, 0.25) is 0 Å². The van der Waals surface area contributed by atoms with Crippen molar-refractivity contribution in [1.29, 1.82) is 0 Å². The molecule has 0 aliphatic heterocycles. The molecule has 1 aliphatic rings. The number of ketones is 1. The second-order valence-electron chi connectivity index (χ2n) is 3.47. The molecule has 0 aromatic rings. The molecule has 1 rings (SSSR count). The highest BCUT2D eigenvalue weighted by molar-refractivity contribution is 5.96. The molecule has 11 heavy (non-hydrogen) atoms. The maximum absolute atomic E-state index is 10.9. The SMILES string of the molecule is CC(C)CC1=C(O)C(=O)CC1. The fourth-order valence-corrected chi connectivity index (χ4v) is 1.39. The second kappa shape index (κ2) is 3.07. The molecule has 0 unspecified atom stereocenters. The molecule has 0 aromatic carbocycles. The molecular formula is C9H14O2. The van der Waals surface area contributed by atoms with E-state index < -0.39 is 0 Å². The van der Waals surface area contributed by atoms with Gasteiger partial charge in [0.05, 0.1) is 0 Å². The summed E-state index contributed by atoms with van der Waals surface area (Å²) in [5, 5.41) is 9.24. The first-order chi connectivity index (χ1) is 5.11. The topological polar surface area (TPSA) is 37.3 Å². The van der Waals surface area contributed by atoms with E-state index in [4.69, 9.17) is 0 Å². The quantitative estimate of drug-likeness (QED) is 0.662. The van der Waals surface area contributed by atoms with Gasteiger partial charge in [-0.05, 0) is 24.3 Å². The fourth-order valence-electron chi connectivity index (χ4n) is 1.39. The number of carbonyl (C=O) groups is 1. The minimum Gasteiger partial charge on any atom is -0.504 e. The molecule has 0 heterocycles. The lowest BCUT2D eigenvalue weighted by molar-refractivity contribution is -0.117. The zero-order valence-corrected chi connectivity index (χ0v) is 7.05. The largest absolute Gasteiger partial charge is 0.504 e. The second-order valence-corrected chi connectivity index (χ2v) is 3.47. The molecular weight excluding hydrogens is 140 g/mol. The Labute approximate surface area is 66.9 Å². The maximum atomic E-state index is 10.9. The van der Waals surface area contributed by atoms with Crippen LogP contribution in [0.3, 0.4) is 0 Å². The summed E-state index contributed by atoms with van der Waals surface area (Å²) in [7, 11) is 0. The van der Waals surface area contributed by atoms with Crippen LogP contribution in [0.5, 0.6) is 0 Å². The average Bonchev–Trinajstić information content (AvgIpc) is 2.18. The summed E-state index contributed by atoms with van der Waals surface area (Å²) >= 11 is 0. The third-order valence-electron chi connectivity index (χ3n) is 1.91. The highest BCUT2D eigenvalue weighted by Gasteiger charge is 2.22. The smallest absolute Gasteiger partial charge is 0.197 e. The van der Waals surface area contributed by atoms with Gasteiger partial charge in [-0.1, -0.05) is 13.8 Å². The summed E-state index contributed by atoms with van der Waals surface area (Å²) in [5.41, 5.74) is 0.949. The summed E-state index contributed by atoms with van der Waals surface area (Å²) in [5.74, 6) is 0.484. The molecule has 0 aromatic heterocycles. The molecule has 0 fully saturated rings. The Hall–Kier alpha value is -0.790. The number of hydrogen-bond acceptors (Lipinski definition) is 2. The van der Waals surface area contributed by atoms with Crippen LogP contribution in [-0.2, 0) is 4.79 Å². The van der Waals surface area contributed by atoms with Crippen LogP contribution in [0.1, 0.15) is 33.1 Å². The Balaban J connectivity index is 2.64. The molecule has 1 N–H and O–H groups in total. The average molecular weight is 154 g/mol. The van der Waals surface area contributed by atoms with E-state index in [1.165, 1.54) is 0 Å². The van der Waals surface area contributed by atoms with E-state index in [1.807, 2.05) is 0 Å². The number of hydrogen-bond donors (Lipinski definition) is 1. The van der Waals surface area contributed by atoms with E-state index in [9.17, 15) is 9.90 Å². The van der Waals surface area contributed by atoms with Gasteiger partial charge in [-0.15, -0.1) is 0 Å². The maximum Gasteiger partial charge on any atom is 0.197 e. The first-order valence-corrected chi connectivity index (χ1v) is 4.05. The van der Waals surface area contributed by atoms with Gasteiger partial charge in [0, 0.05) is 6.42 Å². The third-order valence-corrected chi connectivity index (χ3v) is 1.91. The van der Waals surface area contributed by atoms with Crippen molar-refractivity contribution in [1.82, 2.24) is 0 Å². The molecule has 0 saturated carbocycles. The molecule has 62 valence electrons. The molecule has 1 aliphatic carbocycles. The van der Waals surface area contributed by atoms with Crippen LogP contribution in [0.25, 0.3) is 0 Å². The van der Waals surface area contributed by atoms with Crippen molar-refractivity contribution in [3.05, 3.63) is 11.3 Å². The van der Waals surface area contributed by atoms with Gasteiger partial charge in [0.1, 0.15) is 0 Å². The van der Waals surface area contributed by atoms with Crippen molar-refractivity contribution in [2.75, 3.05) is 0 Å². The van der Waals surface area contributed by atoms with Gasteiger partial charge >= 0.3 is 0 Å². The molecule has 0 spiro atoms. The lowest BCUT2D eigenvalue weighted by Crippen LogP contribution is -1.95.